The van der Waals surface area contributed by atoms with Gasteiger partial charge in [0.2, 0.25) is 0 Å². The van der Waals surface area contributed by atoms with E-state index in [0.717, 1.165) is 28.0 Å². The van der Waals surface area contributed by atoms with Gasteiger partial charge < -0.3 is 14.8 Å². The van der Waals surface area contributed by atoms with Crippen molar-refractivity contribution in [2.75, 3.05) is 7.11 Å². The fourth-order valence-corrected chi connectivity index (χ4v) is 4.85. The molecule has 0 fully saturated rings. The zero-order valence-electron chi connectivity index (χ0n) is 21.8. The minimum absolute atomic E-state index is 0.166. The van der Waals surface area contributed by atoms with Crippen LogP contribution in [0.3, 0.4) is 0 Å². The summed E-state index contributed by atoms with van der Waals surface area (Å²) in [5.41, 5.74) is 4.68. The third kappa shape index (κ3) is 6.89. The molecular formula is C32H29N3O3S. The summed E-state index contributed by atoms with van der Waals surface area (Å²) in [4.78, 5) is 17.9. The van der Waals surface area contributed by atoms with Gasteiger partial charge in [-0.25, -0.2) is 0 Å². The van der Waals surface area contributed by atoms with E-state index in [-0.39, 0.29) is 11.9 Å². The van der Waals surface area contributed by atoms with Gasteiger partial charge in [0.1, 0.15) is 11.5 Å². The lowest BCUT2D eigenvalue weighted by Crippen LogP contribution is -2.30. The van der Waals surface area contributed by atoms with Crippen molar-refractivity contribution >= 4 is 17.4 Å². The first-order valence-corrected chi connectivity index (χ1v) is 13.5. The molecule has 1 amide bonds. The molecule has 0 aliphatic rings. The molecule has 0 saturated heterocycles. The lowest BCUT2D eigenvalue weighted by atomic mass is 9.98. The number of ether oxygens (including phenoxy) is 2. The molecule has 0 spiro atoms. The van der Waals surface area contributed by atoms with Crippen molar-refractivity contribution in [3.63, 3.8) is 0 Å². The van der Waals surface area contributed by atoms with Crippen LogP contribution in [0.1, 0.15) is 44.5 Å². The number of carbonyl (C=O) groups is 1. The maximum atomic E-state index is 13.4. The van der Waals surface area contributed by atoms with Crippen molar-refractivity contribution in [3.05, 3.63) is 137 Å². The van der Waals surface area contributed by atoms with Crippen LogP contribution in [0, 0.1) is 6.92 Å². The highest BCUT2D eigenvalue weighted by Crippen LogP contribution is 2.29. The topological polar surface area (TPSA) is 73.3 Å². The lowest BCUT2D eigenvalue weighted by Gasteiger charge is -2.20. The molecule has 1 aromatic heterocycles. The fraction of sp³-hybridized carbons (Fsp3) is 0.156. The Kier molecular flexibility index (Phi) is 8.29. The van der Waals surface area contributed by atoms with E-state index in [1.165, 1.54) is 11.5 Å². The van der Waals surface area contributed by atoms with Crippen LogP contribution >= 0.6 is 11.5 Å². The van der Waals surface area contributed by atoms with Crippen LogP contribution in [0.2, 0.25) is 0 Å². The Morgan fingerprint density at radius 2 is 1.64 bits per heavy atom. The van der Waals surface area contributed by atoms with Gasteiger partial charge in [-0.05, 0) is 59.9 Å². The summed E-state index contributed by atoms with van der Waals surface area (Å²) < 4.78 is 15.8. The van der Waals surface area contributed by atoms with Crippen molar-refractivity contribution in [1.29, 1.82) is 0 Å². The minimum atomic E-state index is -0.172. The SMILES string of the molecule is COc1cccc(Cc2nsc(Oc3cc(C(=O)NC(Cc4ccccc4)c4ccccc4)ccc3C)n2)c1. The van der Waals surface area contributed by atoms with Gasteiger partial charge in [0.15, 0.2) is 5.82 Å². The zero-order chi connectivity index (χ0) is 27.0. The second-order valence-corrected chi connectivity index (χ2v) is 9.93. The number of aromatic nitrogens is 2. The molecule has 5 rings (SSSR count). The third-order valence-electron chi connectivity index (χ3n) is 6.38. The number of nitrogens with zero attached hydrogens (tertiary/aromatic N) is 2. The molecule has 196 valence electrons. The van der Waals surface area contributed by atoms with Crippen LogP contribution < -0.4 is 14.8 Å². The first kappa shape index (κ1) is 26.1. The van der Waals surface area contributed by atoms with Gasteiger partial charge in [-0.2, -0.15) is 9.36 Å². The summed E-state index contributed by atoms with van der Waals surface area (Å²) in [5.74, 6) is 1.87. The standard InChI is InChI=1S/C32H29N3O3S/c1-22-16-17-26(31(36)33-28(25-13-7-4-8-14-25)19-23-10-5-3-6-11-23)21-29(22)38-32-34-30(35-39-32)20-24-12-9-15-27(18-24)37-2/h3-18,21,28H,19-20H2,1-2H3,(H,33,36). The molecular weight excluding hydrogens is 506 g/mol. The van der Waals surface area contributed by atoms with E-state index in [4.69, 9.17) is 9.47 Å². The first-order valence-electron chi connectivity index (χ1n) is 12.7. The molecule has 1 atom stereocenters. The van der Waals surface area contributed by atoms with Gasteiger partial charge in [-0.15, -0.1) is 0 Å². The van der Waals surface area contributed by atoms with Crippen LogP contribution in [0.25, 0.3) is 0 Å². The Hall–Kier alpha value is -4.49. The zero-order valence-corrected chi connectivity index (χ0v) is 22.7. The predicted octanol–water partition coefficient (Wildman–Crippen LogP) is 6.95. The number of methoxy groups -OCH3 is 1. The number of carbonyl (C=O) groups excluding carboxylic acids is 1. The second kappa shape index (κ2) is 12.4. The quantitative estimate of drug-likeness (QED) is 0.209. The molecule has 4 aromatic carbocycles. The Labute approximate surface area is 232 Å². The Morgan fingerprint density at radius 1 is 0.897 bits per heavy atom. The smallest absolute Gasteiger partial charge is 0.298 e. The Bertz CT molecular complexity index is 1540. The maximum absolute atomic E-state index is 13.4. The van der Waals surface area contributed by atoms with Crippen LogP contribution in [0.5, 0.6) is 16.7 Å². The van der Waals surface area contributed by atoms with Crippen LogP contribution in [-0.4, -0.2) is 22.4 Å². The molecule has 1 heterocycles. The number of amides is 1. The van der Waals surface area contributed by atoms with Gasteiger partial charge >= 0.3 is 0 Å². The summed E-state index contributed by atoms with van der Waals surface area (Å²) >= 11 is 1.19. The Morgan fingerprint density at radius 3 is 2.41 bits per heavy atom. The molecule has 7 heteroatoms. The van der Waals surface area contributed by atoms with E-state index in [2.05, 4.69) is 26.8 Å². The number of nitrogens with one attached hydrogen (secondary N) is 1. The van der Waals surface area contributed by atoms with E-state index < -0.39 is 0 Å². The summed E-state index contributed by atoms with van der Waals surface area (Å²) in [7, 11) is 1.65. The maximum Gasteiger partial charge on any atom is 0.298 e. The van der Waals surface area contributed by atoms with Crippen molar-refractivity contribution in [3.8, 4) is 16.7 Å². The van der Waals surface area contributed by atoms with Crippen molar-refractivity contribution < 1.29 is 14.3 Å². The highest BCUT2D eigenvalue weighted by molar-refractivity contribution is 7.07. The van der Waals surface area contributed by atoms with Crippen molar-refractivity contribution in [2.45, 2.75) is 25.8 Å². The van der Waals surface area contributed by atoms with E-state index in [0.29, 0.717) is 35.2 Å². The number of hydrogen-bond donors (Lipinski definition) is 1. The van der Waals surface area contributed by atoms with Crippen molar-refractivity contribution in [2.24, 2.45) is 0 Å². The number of aryl methyl sites for hydroxylation is 1. The van der Waals surface area contributed by atoms with E-state index in [9.17, 15) is 4.79 Å². The molecule has 0 bridgehead atoms. The number of hydrogen-bond acceptors (Lipinski definition) is 6. The average Bonchev–Trinajstić information content (AvgIpc) is 3.41. The van der Waals surface area contributed by atoms with Gasteiger partial charge in [0.05, 0.1) is 13.2 Å². The second-order valence-electron chi connectivity index (χ2n) is 9.21. The van der Waals surface area contributed by atoms with Gasteiger partial charge in [0, 0.05) is 23.5 Å². The highest BCUT2D eigenvalue weighted by Gasteiger charge is 2.18. The van der Waals surface area contributed by atoms with Gasteiger partial charge in [-0.3, -0.25) is 4.79 Å². The minimum Gasteiger partial charge on any atom is -0.497 e. The number of benzene rings is 4. The lowest BCUT2D eigenvalue weighted by molar-refractivity contribution is 0.0936. The third-order valence-corrected chi connectivity index (χ3v) is 7.02. The van der Waals surface area contributed by atoms with E-state index in [1.54, 1.807) is 13.2 Å². The highest BCUT2D eigenvalue weighted by atomic mass is 32.1. The average molecular weight is 536 g/mol. The predicted molar refractivity (Wildman–Crippen MR) is 154 cm³/mol. The summed E-state index contributed by atoms with van der Waals surface area (Å²) in [5, 5.41) is 3.65. The van der Waals surface area contributed by atoms with Crippen molar-refractivity contribution in [1.82, 2.24) is 14.7 Å². The number of rotatable bonds is 10. The van der Waals surface area contributed by atoms with Crippen LogP contribution in [-0.2, 0) is 12.8 Å². The monoisotopic (exact) mass is 535 g/mol. The first-order chi connectivity index (χ1) is 19.1. The molecule has 0 aliphatic carbocycles. The van der Waals surface area contributed by atoms with E-state index >= 15 is 0 Å². The summed E-state index contributed by atoms with van der Waals surface area (Å²) in [6.45, 7) is 1.94. The molecule has 0 saturated carbocycles. The van der Waals surface area contributed by atoms with Gasteiger partial charge in [0.25, 0.3) is 11.1 Å². The molecule has 6 nitrogen and oxygen atoms in total. The van der Waals surface area contributed by atoms with E-state index in [1.807, 2.05) is 91.9 Å². The molecule has 1 N–H and O–H groups in total. The fourth-order valence-electron chi connectivity index (χ4n) is 4.29. The molecule has 5 aromatic rings. The van der Waals surface area contributed by atoms with Crippen LogP contribution in [0.15, 0.2) is 103 Å². The summed E-state index contributed by atoms with van der Waals surface area (Å²) in [6.07, 6.45) is 1.26. The largest absolute Gasteiger partial charge is 0.497 e. The molecule has 0 aliphatic heterocycles. The normalized spacial score (nSPS) is 11.5. The molecule has 39 heavy (non-hydrogen) atoms. The molecule has 0 radical (unpaired) electrons. The van der Waals surface area contributed by atoms with Gasteiger partial charge in [-0.1, -0.05) is 78.9 Å². The Balaban J connectivity index is 1.30. The summed E-state index contributed by atoms with van der Waals surface area (Å²) in [6, 6.07) is 33.3. The van der Waals surface area contributed by atoms with Crippen LogP contribution in [0.4, 0.5) is 0 Å². The molecule has 1 unspecified atom stereocenters.